The van der Waals surface area contributed by atoms with Crippen molar-refractivity contribution in [2.24, 2.45) is 0 Å². The van der Waals surface area contributed by atoms with Crippen LogP contribution in [0.3, 0.4) is 0 Å². The zero-order valence-electron chi connectivity index (χ0n) is 8.34. The van der Waals surface area contributed by atoms with Crippen LogP contribution in [-0.2, 0) is 0 Å². The lowest BCUT2D eigenvalue weighted by atomic mass is 10.2. The molecule has 0 aromatic heterocycles. The Morgan fingerprint density at radius 3 is 2.08 bits per heavy atom. The van der Waals surface area contributed by atoms with Gasteiger partial charge < -0.3 is 0 Å². The van der Waals surface area contributed by atoms with E-state index in [1.165, 1.54) is 12.1 Å². The van der Waals surface area contributed by atoms with Gasteiger partial charge in [-0.3, -0.25) is 0 Å². The number of benzene rings is 1. The molecule has 70 valence electrons. The zero-order valence-corrected chi connectivity index (χ0v) is 9.34. The number of rotatable bonds is 2. The van der Waals surface area contributed by atoms with Gasteiger partial charge in [0.1, 0.15) is 5.82 Å². The Morgan fingerprint density at radius 2 is 1.62 bits per heavy atom. The average molecular weight is 194 g/mol. The molecule has 0 atom stereocenters. The topological polar surface area (TPSA) is 0 Å². The summed E-state index contributed by atoms with van der Waals surface area (Å²) in [6.07, 6.45) is 2.08. The highest BCUT2D eigenvalue weighted by Crippen LogP contribution is 2.08. The van der Waals surface area contributed by atoms with Crippen LogP contribution < -0.4 is 0 Å². The Bertz CT molecular complexity index is 293. The van der Waals surface area contributed by atoms with Crippen molar-refractivity contribution in [3.8, 4) is 0 Å². The first kappa shape index (κ1) is 10.2. The molecule has 0 aliphatic heterocycles. The van der Waals surface area contributed by atoms with Crippen molar-refractivity contribution in [3.05, 3.63) is 41.3 Å². The summed E-state index contributed by atoms with van der Waals surface area (Å²) < 4.78 is 12.5. The maximum Gasteiger partial charge on any atom is 0.123 e. The van der Waals surface area contributed by atoms with E-state index < -0.39 is 8.07 Å². The van der Waals surface area contributed by atoms with E-state index in [-0.39, 0.29) is 5.82 Å². The van der Waals surface area contributed by atoms with E-state index in [1.807, 2.05) is 0 Å². The Morgan fingerprint density at radius 1 is 1.08 bits per heavy atom. The SMILES string of the molecule is C[Si](C)(C)/C=C\c1ccc(F)cc1. The summed E-state index contributed by atoms with van der Waals surface area (Å²) in [4.78, 5) is 0. The van der Waals surface area contributed by atoms with E-state index >= 15 is 0 Å². The average Bonchev–Trinajstić information content (AvgIpc) is 2.02. The molecular weight excluding hydrogens is 179 g/mol. The normalized spacial score (nSPS) is 12.3. The maximum atomic E-state index is 12.5. The number of hydrogen-bond acceptors (Lipinski definition) is 0. The first-order valence-electron chi connectivity index (χ1n) is 4.42. The van der Waals surface area contributed by atoms with Crippen LogP contribution in [0.15, 0.2) is 30.0 Å². The van der Waals surface area contributed by atoms with Crippen molar-refractivity contribution in [3.63, 3.8) is 0 Å². The lowest BCUT2D eigenvalue weighted by Crippen LogP contribution is -2.15. The summed E-state index contributed by atoms with van der Waals surface area (Å²) in [5.74, 6) is -0.176. The molecule has 0 nitrogen and oxygen atoms in total. The largest absolute Gasteiger partial charge is 0.207 e. The highest BCUT2D eigenvalue weighted by molar-refractivity contribution is 6.81. The van der Waals surface area contributed by atoms with Gasteiger partial charge in [0.2, 0.25) is 0 Å². The van der Waals surface area contributed by atoms with Gasteiger partial charge in [-0.05, 0) is 17.7 Å². The molecule has 0 unspecified atom stereocenters. The molecule has 2 heteroatoms. The summed E-state index contributed by atoms with van der Waals surface area (Å²) in [7, 11) is -1.13. The van der Waals surface area contributed by atoms with Gasteiger partial charge in [0.15, 0.2) is 0 Å². The van der Waals surface area contributed by atoms with Gasteiger partial charge in [0.05, 0.1) is 8.07 Å². The molecule has 0 aliphatic carbocycles. The molecule has 0 spiro atoms. The van der Waals surface area contributed by atoms with Crippen LogP contribution in [0.25, 0.3) is 6.08 Å². The van der Waals surface area contributed by atoms with Crippen LogP contribution in [0.1, 0.15) is 5.56 Å². The van der Waals surface area contributed by atoms with Gasteiger partial charge >= 0.3 is 0 Å². The van der Waals surface area contributed by atoms with Crippen molar-refractivity contribution in [2.45, 2.75) is 19.6 Å². The minimum atomic E-state index is -1.13. The van der Waals surface area contributed by atoms with Crippen molar-refractivity contribution in [1.29, 1.82) is 0 Å². The molecule has 0 saturated heterocycles. The minimum absolute atomic E-state index is 0.176. The van der Waals surface area contributed by atoms with Crippen molar-refractivity contribution < 1.29 is 4.39 Å². The first-order valence-corrected chi connectivity index (χ1v) is 8.00. The molecule has 0 N–H and O–H groups in total. The van der Waals surface area contributed by atoms with E-state index in [0.29, 0.717) is 0 Å². The van der Waals surface area contributed by atoms with Crippen molar-refractivity contribution in [1.82, 2.24) is 0 Å². The first-order chi connectivity index (χ1) is 5.97. The summed E-state index contributed by atoms with van der Waals surface area (Å²) in [5.41, 5.74) is 3.32. The van der Waals surface area contributed by atoms with E-state index in [1.54, 1.807) is 12.1 Å². The smallest absolute Gasteiger partial charge is 0.123 e. The fraction of sp³-hybridized carbons (Fsp3) is 0.273. The molecule has 0 fully saturated rings. The molecule has 1 aromatic carbocycles. The van der Waals surface area contributed by atoms with Gasteiger partial charge in [-0.15, -0.1) is 0 Å². The fourth-order valence-electron chi connectivity index (χ4n) is 0.920. The number of hydrogen-bond donors (Lipinski definition) is 0. The van der Waals surface area contributed by atoms with E-state index in [4.69, 9.17) is 0 Å². The van der Waals surface area contributed by atoms with Crippen molar-refractivity contribution in [2.75, 3.05) is 0 Å². The Kier molecular flexibility index (Phi) is 3.04. The molecule has 1 aromatic rings. The molecular formula is C11H15FSi. The molecule has 0 heterocycles. The van der Waals surface area contributed by atoms with E-state index in [0.717, 1.165) is 5.56 Å². The lowest BCUT2D eigenvalue weighted by Gasteiger charge is -2.07. The second kappa shape index (κ2) is 3.88. The van der Waals surface area contributed by atoms with Crippen LogP contribution >= 0.6 is 0 Å². The second-order valence-electron chi connectivity index (χ2n) is 4.25. The van der Waals surface area contributed by atoms with Gasteiger partial charge in [0.25, 0.3) is 0 Å². The molecule has 0 saturated carbocycles. The molecule has 0 aliphatic rings. The van der Waals surface area contributed by atoms with E-state index in [2.05, 4.69) is 31.4 Å². The quantitative estimate of drug-likeness (QED) is 0.629. The standard InChI is InChI=1S/C11H15FSi/c1-13(2,3)9-8-10-4-6-11(12)7-5-10/h4-9H,1-3H3/b9-8-. The highest BCUT2D eigenvalue weighted by Gasteiger charge is 2.06. The van der Waals surface area contributed by atoms with Crippen LogP contribution in [0.2, 0.25) is 19.6 Å². The summed E-state index contributed by atoms with van der Waals surface area (Å²) in [5, 5.41) is 0. The molecule has 0 amide bonds. The minimum Gasteiger partial charge on any atom is -0.207 e. The highest BCUT2D eigenvalue weighted by atomic mass is 28.3. The zero-order chi connectivity index (χ0) is 9.90. The monoisotopic (exact) mass is 194 g/mol. The third-order valence-corrected chi connectivity index (χ3v) is 2.81. The fourth-order valence-corrected chi connectivity index (χ4v) is 1.61. The molecule has 1 rings (SSSR count). The van der Waals surface area contributed by atoms with Gasteiger partial charge in [-0.1, -0.05) is 43.5 Å². The number of halogens is 1. The summed E-state index contributed by atoms with van der Waals surface area (Å²) in [6.45, 7) is 6.81. The predicted molar refractivity (Wildman–Crippen MR) is 58.8 cm³/mol. The third kappa shape index (κ3) is 4.04. The van der Waals surface area contributed by atoms with Crippen molar-refractivity contribution >= 4 is 14.1 Å². The van der Waals surface area contributed by atoms with Crippen LogP contribution in [0.5, 0.6) is 0 Å². The van der Waals surface area contributed by atoms with Gasteiger partial charge in [-0.25, -0.2) is 4.39 Å². The maximum absolute atomic E-state index is 12.5. The molecule has 13 heavy (non-hydrogen) atoms. The lowest BCUT2D eigenvalue weighted by molar-refractivity contribution is 0.628. The Labute approximate surface area is 80.1 Å². The van der Waals surface area contributed by atoms with Gasteiger partial charge in [0, 0.05) is 0 Å². The second-order valence-corrected chi connectivity index (χ2v) is 9.32. The Balaban J connectivity index is 2.75. The third-order valence-electron chi connectivity index (χ3n) is 1.65. The van der Waals surface area contributed by atoms with E-state index in [9.17, 15) is 4.39 Å². The molecule has 0 bridgehead atoms. The predicted octanol–water partition coefficient (Wildman–Crippen LogP) is 3.72. The van der Waals surface area contributed by atoms with Crippen LogP contribution in [-0.4, -0.2) is 8.07 Å². The summed E-state index contributed by atoms with van der Waals surface area (Å²) >= 11 is 0. The van der Waals surface area contributed by atoms with Crippen LogP contribution in [0, 0.1) is 5.82 Å². The summed E-state index contributed by atoms with van der Waals surface area (Å²) in [6, 6.07) is 6.58. The van der Waals surface area contributed by atoms with Gasteiger partial charge in [-0.2, -0.15) is 0 Å². The van der Waals surface area contributed by atoms with Crippen LogP contribution in [0.4, 0.5) is 4.39 Å². The molecule has 0 radical (unpaired) electrons. The Hall–Kier alpha value is -0.893.